The molecule has 1 aromatic carbocycles. The maximum absolute atomic E-state index is 11.1. The van der Waals surface area contributed by atoms with E-state index in [9.17, 15) is 4.79 Å². The number of nitrogens with zero attached hydrogens (tertiary/aromatic N) is 2. The van der Waals surface area contributed by atoms with Crippen molar-refractivity contribution in [1.29, 1.82) is 0 Å². The number of hydrogen-bond donors (Lipinski definition) is 3. The number of halogens is 2. The van der Waals surface area contributed by atoms with Gasteiger partial charge in [-0.05, 0) is 49.7 Å². The van der Waals surface area contributed by atoms with Crippen LogP contribution in [-0.4, -0.2) is 37.5 Å². The highest BCUT2D eigenvalue weighted by molar-refractivity contribution is 14.0. The first-order valence-electron chi connectivity index (χ1n) is 8.99. The first kappa shape index (κ1) is 22.5. The normalized spacial score (nSPS) is 16.6. The highest BCUT2D eigenvalue weighted by Gasteiger charge is 2.23. The van der Waals surface area contributed by atoms with Gasteiger partial charge in [-0.25, -0.2) is 4.99 Å². The number of aliphatic imine (C=N–C) groups is 1. The van der Waals surface area contributed by atoms with Gasteiger partial charge in [0.25, 0.3) is 5.91 Å². The minimum atomic E-state index is -0.575. The van der Waals surface area contributed by atoms with Crippen molar-refractivity contribution in [2.45, 2.75) is 25.9 Å². The summed E-state index contributed by atoms with van der Waals surface area (Å²) in [6, 6.07) is 12.0. The van der Waals surface area contributed by atoms with Crippen molar-refractivity contribution in [2.75, 3.05) is 24.5 Å². The third kappa shape index (κ3) is 6.13. The van der Waals surface area contributed by atoms with E-state index in [1.165, 1.54) is 5.69 Å². The second-order valence-electron chi connectivity index (χ2n) is 6.38. The smallest absolute Gasteiger partial charge is 0.284 e. The fourth-order valence-corrected chi connectivity index (χ4v) is 3.29. The molecule has 0 bridgehead atoms. The Kier molecular flexibility index (Phi) is 8.61. The number of nitrogens with one attached hydrogen (secondary N) is 2. The zero-order chi connectivity index (χ0) is 19.2. The Morgan fingerprint density at radius 3 is 2.71 bits per heavy atom. The average Bonchev–Trinajstić information content (AvgIpc) is 3.30. The van der Waals surface area contributed by atoms with Crippen LogP contribution in [0.2, 0.25) is 0 Å². The maximum Gasteiger partial charge on any atom is 0.284 e. The van der Waals surface area contributed by atoms with Gasteiger partial charge in [0.05, 0.1) is 0 Å². The van der Waals surface area contributed by atoms with Crippen molar-refractivity contribution in [1.82, 2.24) is 10.6 Å². The summed E-state index contributed by atoms with van der Waals surface area (Å²) < 4.78 is 6.46. The van der Waals surface area contributed by atoms with Crippen LogP contribution in [0.4, 0.5) is 5.69 Å². The van der Waals surface area contributed by atoms with Crippen molar-refractivity contribution in [2.24, 2.45) is 10.7 Å². The number of nitrogens with two attached hydrogens (primary N) is 1. The van der Waals surface area contributed by atoms with E-state index in [1.54, 1.807) is 12.1 Å². The summed E-state index contributed by atoms with van der Waals surface area (Å²) in [6.45, 7) is 5.04. The summed E-state index contributed by atoms with van der Waals surface area (Å²) in [4.78, 5) is 18.0. The molecule has 3 rings (SSSR count). The molecule has 2 heterocycles. The van der Waals surface area contributed by atoms with E-state index >= 15 is 0 Å². The quantitative estimate of drug-likeness (QED) is 0.286. The molecule has 1 aliphatic heterocycles. The Hall–Kier alpha value is -1.75. The number of carbonyl (C=O) groups excluding carboxylic acids is 1. The number of anilines is 1. The lowest BCUT2D eigenvalue weighted by molar-refractivity contribution is 0.0972. The summed E-state index contributed by atoms with van der Waals surface area (Å²) in [6.07, 6.45) is 1.03. The van der Waals surface area contributed by atoms with Gasteiger partial charge in [0.15, 0.2) is 11.7 Å². The Morgan fingerprint density at radius 2 is 2.07 bits per heavy atom. The summed E-state index contributed by atoms with van der Waals surface area (Å²) in [5.74, 6) is 0.912. The summed E-state index contributed by atoms with van der Waals surface area (Å²) >= 11 is 3.47. The van der Waals surface area contributed by atoms with E-state index in [4.69, 9.17) is 10.2 Å². The standard InChI is InChI=1S/C19H24BrN5O2.HI/c1-2-22-19(23-11-16-7-8-17(27-16)18(21)26)24-14-9-10-25(12-14)15-5-3-13(20)4-6-15;/h3-8,14H,2,9-12H2,1H3,(H2,21,26)(H2,22,23,24);1H. The van der Waals surface area contributed by atoms with Crippen LogP contribution in [0, 0.1) is 0 Å². The monoisotopic (exact) mass is 561 g/mol. The number of carbonyl (C=O) groups is 1. The largest absolute Gasteiger partial charge is 0.454 e. The number of benzene rings is 1. The molecule has 1 fully saturated rings. The number of furan rings is 1. The summed E-state index contributed by atoms with van der Waals surface area (Å²) in [5, 5.41) is 6.73. The van der Waals surface area contributed by atoms with Crippen LogP contribution in [-0.2, 0) is 6.54 Å². The first-order valence-corrected chi connectivity index (χ1v) is 9.78. The minimum Gasteiger partial charge on any atom is -0.454 e. The van der Waals surface area contributed by atoms with E-state index < -0.39 is 5.91 Å². The second kappa shape index (κ2) is 10.7. The molecule has 9 heteroatoms. The molecule has 0 radical (unpaired) electrons. The van der Waals surface area contributed by atoms with Gasteiger partial charge in [0.1, 0.15) is 12.3 Å². The lowest BCUT2D eigenvalue weighted by Gasteiger charge is -2.20. The van der Waals surface area contributed by atoms with Crippen molar-refractivity contribution in [3.63, 3.8) is 0 Å². The zero-order valence-electron chi connectivity index (χ0n) is 15.7. The molecule has 1 saturated heterocycles. The molecular weight excluding hydrogens is 537 g/mol. The van der Waals surface area contributed by atoms with Crippen molar-refractivity contribution >= 4 is 57.5 Å². The number of amides is 1. The van der Waals surface area contributed by atoms with Gasteiger partial charge < -0.3 is 25.7 Å². The third-order valence-electron chi connectivity index (χ3n) is 4.36. The Morgan fingerprint density at radius 1 is 1.32 bits per heavy atom. The minimum absolute atomic E-state index is 0. The SMILES string of the molecule is CCNC(=NCc1ccc(C(N)=O)o1)NC1CCN(c2ccc(Br)cc2)C1.I. The topological polar surface area (TPSA) is 95.9 Å². The fourth-order valence-electron chi connectivity index (χ4n) is 3.03. The Labute approximate surface area is 190 Å². The second-order valence-corrected chi connectivity index (χ2v) is 7.29. The van der Waals surface area contributed by atoms with Gasteiger partial charge in [0.2, 0.25) is 0 Å². The van der Waals surface area contributed by atoms with Crippen LogP contribution in [0.3, 0.4) is 0 Å². The van der Waals surface area contributed by atoms with E-state index in [1.807, 2.05) is 6.92 Å². The molecule has 1 aliphatic rings. The summed E-state index contributed by atoms with van der Waals surface area (Å²) in [5.41, 5.74) is 6.43. The van der Waals surface area contributed by atoms with Gasteiger partial charge in [0, 0.05) is 35.8 Å². The van der Waals surface area contributed by atoms with E-state index in [2.05, 4.69) is 60.7 Å². The van der Waals surface area contributed by atoms with E-state index in [0.29, 0.717) is 18.3 Å². The molecule has 152 valence electrons. The van der Waals surface area contributed by atoms with Crippen LogP contribution in [0.1, 0.15) is 29.7 Å². The van der Waals surface area contributed by atoms with Crippen LogP contribution in [0.15, 0.2) is 50.3 Å². The van der Waals surface area contributed by atoms with Gasteiger partial charge in [-0.1, -0.05) is 15.9 Å². The van der Waals surface area contributed by atoms with Gasteiger partial charge in [-0.15, -0.1) is 24.0 Å². The molecular formula is C19H25BrIN5O2. The van der Waals surface area contributed by atoms with Gasteiger partial charge in [-0.3, -0.25) is 4.79 Å². The Balaban J connectivity index is 0.00000280. The molecule has 0 spiro atoms. The summed E-state index contributed by atoms with van der Waals surface area (Å²) in [7, 11) is 0. The van der Waals surface area contributed by atoms with Gasteiger partial charge >= 0.3 is 0 Å². The number of rotatable bonds is 6. The average molecular weight is 562 g/mol. The molecule has 1 amide bonds. The van der Waals surface area contributed by atoms with Crippen LogP contribution < -0.4 is 21.3 Å². The molecule has 0 saturated carbocycles. The molecule has 0 aliphatic carbocycles. The van der Waals surface area contributed by atoms with Crippen molar-refractivity contribution < 1.29 is 9.21 Å². The fraction of sp³-hybridized carbons (Fsp3) is 0.368. The van der Waals surface area contributed by atoms with E-state index in [0.717, 1.165) is 36.5 Å². The number of guanidine groups is 1. The first-order chi connectivity index (χ1) is 13.0. The molecule has 28 heavy (non-hydrogen) atoms. The van der Waals surface area contributed by atoms with Gasteiger partial charge in [-0.2, -0.15) is 0 Å². The number of primary amides is 1. The van der Waals surface area contributed by atoms with Crippen LogP contribution in [0.25, 0.3) is 0 Å². The third-order valence-corrected chi connectivity index (χ3v) is 4.89. The highest BCUT2D eigenvalue weighted by atomic mass is 127. The zero-order valence-corrected chi connectivity index (χ0v) is 19.6. The Bertz CT molecular complexity index is 809. The molecule has 7 nitrogen and oxygen atoms in total. The van der Waals surface area contributed by atoms with Crippen LogP contribution in [0.5, 0.6) is 0 Å². The molecule has 1 aromatic heterocycles. The predicted molar refractivity (Wildman–Crippen MR) is 125 cm³/mol. The van der Waals surface area contributed by atoms with Crippen molar-refractivity contribution in [3.8, 4) is 0 Å². The lowest BCUT2D eigenvalue weighted by atomic mass is 10.3. The molecule has 2 aromatic rings. The lowest BCUT2D eigenvalue weighted by Crippen LogP contribution is -2.44. The van der Waals surface area contributed by atoms with Crippen molar-refractivity contribution in [3.05, 3.63) is 52.4 Å². The maximum atomic E-state index is 11.1. The molecule has 1 unspecified atom stereocenters. The predicted octanol–water partition coefficient (Wildman–Crippen LogP) is 3.09. The highest BCUT2D eigenvalue weighted by Crippen LogP contribution is 2.22. The number of hydrogen-bond acceptors (Lipinski definition) is 4. The van der Waals surface area contributed by atoms with E-state index in [-0.39, 0.29) is 29.7 Å². The molecule has 1 atom stereocenters. The molecule has 4 N–H and O–H groups in total. The van der Waals surface area contributed by atoms with Crippen LogP contribution >= 0.6 is 39.9 Å².